The van der Waals surface area contributed by atoms with Crippen molar-refractivity contribution in [2.45, 2.75) is 77.3 Å². The topological polar surface area (TPSA) is 86.3 Å². The predicted octanol–water partition coefficient (Wildman–Crippen LogP) is 3.44. The monoisotopic (exact) mass is 260 g/mol. The van der Waals surface area contributed by atoms with E-state index in [0.717, 1.165) is 25.7 Å². The summed E-state index contributed by atoms with van der Waals surface area (Å²) in [6.07, 6.45) is 5.73. The van der Waals surface area contributed by atoms with Gasteiger partial charge in [-0.1, -0.05) is 39.5 Å². The highest BCUT2D eigenvalue weighted by Gasteiger charge is 2.39. The second-order valence-electron chi connectivity index (χ2n) is 4.70. The number of nitrogens with zero attached hydrogens (tertiary/aromatic N) is 2. The molecule has 0 saturated heterocycles. The van der Waals surface area contributed by atoms with Crippen LogP contribution in [0.4, 0.5) is 0 Å². The Bertz CT molecular complexity index is 232. The van der Waals surface area contributed by atoms with E-state index in [1.165, 1.54) is 0 Å². The summed E-state index contributed by atoms with van der Waals surface area (Å²) >= 11 is 0. The van der Waals surface area contributed by atoms with Crippen LogP contribution in [0.1, 0.15) is 65.2 Å². The lowest BCUT2D eigenvalue weighted by Gasteiger charge is -2.14. The minimum atomic E-state index is -1.02. The summed E-state index contributed by atoms with van der Waals surface area (Å²) in [6.45, 7) is 4.01. The highest BCUT2D eigenvalue weighted by molar-refractivity contribution is 4.69. The summed E-state index contributed by atoms with van der Waals surface area (Å²) in [5.41, 5.74) is 0. The highest BCUT2D eigenvalue weighted by Crippen LogP contribution is 2.17. The molecule has 0 heterocycles. The summed E-state index contributed by atoms with van der Waals surface area (Å²) in [6, 6.07) is -2.05. The van der Waals surface area contributed by atoms with E-state index in [1.807, 2.05) is 13.8 Å². The van der Waals surface area contributed by atoms with E-state index >= 15 is 0 Å². The van der Waals surface area contributed by atoms with Gasteiger partial charge in [0.2, 0.25) is 0 Å². The smallest absolute Gasteiger partial charge is 0.264 e. The lowest BCUT2D eigenvalue weighted by atomic mass is 9.97. The van der Waals surface area contributed by atoms with Gasteiger partial charge in [0, 0.05) is 22.7 Å². The third-order valence-corrected chi connectivity index (χ3v) is 3.19. The predicted molar refractivity (Wildman–Crippen MR) is 69.8 cm³/mol. The van der Waals surface area contributed by atoms with Crippen LogP contribution in [0.5, 0.6) is 0 Å². The van der Waals surface area contributed by atoms with Gasteiger partial charge in [-0.05, 0) is 12.8 Å². The van der Waals surface area contributed by atoms with Gasteiger partial charge >= 0.3 is 0 Å². The fourth-order valence-corrected chi connectivity index (χ4v) is 2.08. The van der Waals surface area contributed by atoms with Gasteiger partial charge in [0.05, 0.1) is 0 Å². The van der Waals surface area contributed by atoms with Crippen LogP contribution in [0.2, 0.25) is 0 Å². The molecule has 18 heavy (non-hydrogen) atoms. The van der Waals surface area contributed by atoms with Crippen molar-refractivity contribution in [3.63, 3.8) is 0 Å². The fraction of sp³-hybridized carbons (Fsp3) is 1.00. The van der Waals surface area contributed by atoms with Gasteiger partial charge in [-0.3, -0.25) is 20.2 Å². The zero-order valence-corrected chi connectivity index (χ0v) is 11.3. The van der Waals surface area contributed by atoms with E-state index in [4.69, 9.17) is 0 Å². The molecule has 6 heteroatoms. The molecule has 2 atom stereocenters. The molecule has 0 N–H and O–H groups in total. The lowest BCUT2D eigenvalue weighted by Crippen LogP contribution is -2.39. The minimum Gasteiger partial charge on any atom is -0.264 e. The van der Waals surface area contributed by atoms with E-state index in [1.54, 1.807) is 0 Å². The van der Waals surface area contributed by atoms with Crippen LogP contribution in [0, 0.1) is 20.2 Å². The number of nitro groups is 2. The SMILES string of the molecule is CCCCCC(C(CCCCC)[N+](=O)[O-])[N+](=O)[O-]. The maximum absolute atomic E-state index is 11.0. The molecular weight excluding hydrogens is 236 g/mol. The van der Waals surface area contributed by atoms with Crippen molar-refractivity contribution in [1.29, 1.82) is 0 Å². The Kier molecular flexibility index (Phi) is 9.14. The van der Waals surface area contributed by atoms with Crippen LogP contribution >= 0.6 is 0 Å². The Morgan fingerprint density at radius 2 is 1.11 bits per heavy atom. The van der Waals surface area contributed by atoms with E-state index in [0.29, 0.717) is 25.7 Å². The molecule has 0 aromatic rings. The molecule has 0 radical (unpaired) electrons. The first-order valence-corrected chi connectivity index (χ1v) is 6.81. The van der Waals surface area contributed by atoms with Crippen molar-refractivity contribution in [3.05, 3.63) is 20.2 Å². The molecule has 2 unspecified atom stereocenters. The van der Waals surface area contributed by atoms with Crippen molar-refractivity contribution in [2.75, 3.05) is 0 Å². The molecule has 0 rings (SSSR count). The zero-order valence-electron chi connectivity index (χ0n) is 11.3. The molecule has 0 aliphatic rings. The molecule has 0 fully saturated rings. The molecule has 0 aliphatic carbocycles. The van der Waals surface area contributed by atoms with Crippen molar-refractivity contribution in [2.24, 2.45) is 0 Å². The summed E-state index contributed by atoms with van der Waals surface area (Å²) in [5, 5.41) is 21.9. The van der Waals surface area contributed by atoms with Gasteiger partial charge in [0.15, 0.2) is 0 Å². The molecular formula is C12H24N2O4. The van der Waals surface area contributed by atoms with Gasteiger partial charge in [-0.2, -0.15) is 0 Å². The first-order valence-electron chi connectivity index (χ1n) is 6.81. The van der Waals surface area contributed by atoms with Crippen LogP contribution < -0.4 is 0 Å². The van der Waals surface area contributed by atoms with E-state index < -0.39 is 21.9 Å². The Morgan fingerprint density at radius 3 is 1.33 bits per heavy atom. The fourth-order valence-electron chi connectivity index (χ4n) is 2.08. The van der Waals surface area contributed by atoms with Crippen LogP contribution in [-0.4, -0.2) is 21.9 Å². The quantitative estimate of drug-likeness (QED) is 0.323. The highest BCUT2D eigenvalue weighted by atomic mass is 16.6. The first-order chi connectivity index (χ1) is 8.54. The third kappa shape index (κ3) is 6.51. The van der Waals surface area contributed by atoms with Crippen LogP contribution in [0.3, 0.4) is 0 Å². The average molecular weight is 260 g/mol. The normalized spacial score (nSPS) is 14.1. The lowest BCUT2D eigenvalue weighted by molar-refractivity contribution is -0.618. The third-order valence-electron chi connectivity index (χ3n) is 3.19. The van der Waals surface area contributed by atoms with Gasteiger partial charge in [-0.25, -0.2) is 0 Å². The van der Waals surface area contributed by atoms with Crippen molar-refractivity contribution >= 4 is 0 Å². The molecule has 0 aliphatic heterocycles. The standard InChI is InChI=1S/C12H24N2O4/c1-3-5-7-9-11(13(15)16)12(14(17)18)10-8-6-4-2/h11-12H,3-10H2,1-2H3. The maximum atomic E-state index is 11.0. The zero-order chi connectivity index (χ0) is 14.0. The van der Waals surface area contributed by atoms with Gasteiger partial charge in [-0.15, -0.1) is 0 Å². The largest absolute Gasteiger partial charge is 0.279 e. The maximum Gasteiger partial charge on any atom is 0.279 e. The average Bonchev–Trinajstić information content (AvgIpc) is 2.31. The molecule has 0 aromatic heterocycles. The number of unbranched alkanes of at least 4 members (excludes halogenated alkanes) is 4. The first kappa shape index (κ1) is 16.8. The molecule has 6 nitrogen and oxygen atoms in total. The summed E-state index contributed by atoms with van der Waals surface area (Å²) in [5.74, 6) is 0. The van der Waals surface area contributed by atoms with E-state index in [9.17, 15) is 20.2 Å². The molecule has 0 saturated carbocycles. The summed E-state index contributed by atoms with van der Waals surface area (Å²) in [4.78, 5) is 21.0. The van der Waals surface area contributed by atoms with Crippen molar-refractivity contribution in [1.82, 2.24) is 0 Å². The van der Waals surface area contributed by atoms with Crippen LogP contribution in [0.25, 0.3) is 0 Å². The summed E-state index contributed by atoms with van der Waals surface area (Å²) in [7, 11) is 0. The molecule has 0 amide bonds. The van der Waals surface area contributed by atoms with Crippen LogP contribution in [-0.2, 0) is 0 Å². The second kappa shape index (κ2) is 9.79. The van der Waals surface area contributed by atoms with Gasteiger partial charge in [0.25, 0.3) is 12.1 Å². The van der Waals surface area contributed by atoms with Crippen molar-refractivity contribution in [3.8, 4) is 0 Å². The second-order valence-corrected chi connectivity index (χ2v) is 4.70. The Balaban J connectivity index is 4.45. The number of rotatable bonds is 11. The Labute approximate surface area is 108 Å². The van der Waals surface area contributed by atoms with Crippen LogP contribution in [0.15, 0.2) is 0 Å². The van der Waals surface area contributed by atoms with Crippen molar-refractivity contribution < 1.29 is 9.85 Å². The molecule has 106 valence electrons. The van der Waals surface area contributed by atoms with E-state index in [2.05, 4.69) is 0 Å². The van der Waals surface area contributed by atoms with E-state index in [-0.39, 0.29) is 0 Å². The molecule has 0 aromatic carbocycles. The van der Waals surface area contributed by atoms with Gasteiger partial charge in [0.1, 0.15) is 0 Å². The Morgan fingerprint density at radius 1 is 0.778 bits per heavy atom. The molecule has 0 spiro atoms. The number of hydrogen-bond acceptors (Lipinski definition) is 4. The minimum absolute atomic E-state index is 0.318. The molecule has 0 bridgehead atoms. The summed E-state index contributed by atoms with van der Waals surface area (Å²) < 4.78 is 0. The number of hydrogen-bond donors (Lipinski definition) is 0. The van der Waals surface area contributed by atoms with Gasteiger partial charge < -0.3 is 0 Å². The Hall–Kier alpha value is -1.20.